The lowest BCUT2D eigenvalue weighted by Crippen LogP contribution is -2.24. The van der Waals surface area contributed by atoms with Crippen LogP contribution in [0.5, 0.6) is 0 Å². The fourth-order valence-corrected chi connectivity index (χ4v) is 2.92. The molecule has 3 heterocycles. The number of nitrogens with one attached hydrogen (secondary N) is 2. The smallest absolute Gasteiger partial charge is 0.323 e. The molecular weight excluding hydrogens is 446 g/mol. The van der Waals surface area contributed by atoms with Gasteiger partial charge in [-0.3, -0.25) is 9.59 Å². The highest BCUT2D eigenvalue weighted by Gasteiger charge is 2.39. The lowest BCUT2D eigenvalue weighted by Gasteiger charge is -2.18. The number of hydrogen-bond donors (Lipinski definition) is 2. The van der Waals surface area contributed by atoms with E-state index in [4.69, 9.17) is 0 Å². The molecule has 0 aromatic carbocycles. The third-order valence-corrected chi connectivity index (χ3v) is 4.98. The van der Waals surface area contributed by atoms with Gasteiger partial charge in [0.15, 0.2) is 11.6 Å². The molecule has 1 fully saturated rings. The van der Waals surface area contributed by atoms with Gasteiger partial charge in [-0.1, -0.05) is 6.07 Å². The average molecular weight is 463 g/mol. The zero-order valence-corrected chi connectivity index (χ0v) is 17.1. The highest BCUT2D eigenvalue weighted by molar-refractivity contribution is 6.03. The third kappa shape index (κ3) is 4.96. The number of carbonyl (C=O) groups is 2. The minimum absolute atomic E-state index is 0.00130. The van der Waals surface area contributed by atoms with Gasteiger partial charge in [0.2, 0.25) is 5.91 Å². The van der Waals surface area contributed by atoms with Crippen LogP contribution in [-0.4, -0.2) is 42.7 Å². The number of alkyl halides is 3. The molecule has 13 heteroatoms. The lowest BCUT2D eigenvalue weighted by atomic mass is 10.2. The van der Waals surface area contributed by atoms with Crippen molar-refractivity contribution in [3.05, 3.63) is 48.3 Å². The quantitative estimate of drug-likeness (QED) is 0.540. The standard InChI is InChI=1S/C20H17F4N7O2/c1-10(20(22,23)24)31-9-26-30-17(31)13-3-2-4-16(27-13)29-19(33)15-7-14(12(21)8-25-15)28-18(32)11-5-6-11/h2-4,7-11H,5-6H2,1H3,(H,25,28,32)(H,27,29,33)/t10-/m0/s1. The first kappa shape index (κ1) is 22.3. The Balaban J connectivity index is 1.53. The van der Waals surface area contributed by atoms with Crippen molar-refractivity contribution >= 4 is 23.3 Å². The Hall–Kier alpha value is -3.90. The fourth-order valence-electron chi connectivity index (χ4n) is 2.92. The van der Waals surface area contributed by atoms with E-state index in [2.05, 4.69) is 30.8 Å². The van der Waals surface area contributed by atoms with Gasteiger partial charge in [0.25, 0.3) is 5.91 Å². The van der Waals surface area contributed by atoms with Crippen molar-refractivity contribution in [2.24, 2.45) is 5.92 Å². The number of amides is 2. The van der Waals surface area contributed by atoms with Crippen molar-refractivity contribution < 1.29 is 27.2 Å². The number of carbonyl (C=O) groups excluding carboxylic acids is 2. The molecule has 2 amide bonds. The molecule has 0 unspecified atom stereocenters. The van der Waals surface area contributed by atoms with Crippen LogP contribution in [0.1, 0.15) is 36.3 Å². The molecule has 0 saturated heterocycles. The van der Waals surface area contributed by atoms with Gasteiger partial charge in [0, 0.05) is 5.92 Å². The maximum absolute atomic E-state index is 14.0. The Morgan fingerprint density at radius 1 is 1.21 bits per heavy atom. The van der Waals surface area contributed by atoms with Gasteiger partial charge in [-0.15, -0.1) is 10.2 Å². The molecule has 3 aromatic rings. The van der Waals surface area contributed by atoms with Gasteiger partial charge in [-0.25, -0.2) is 14.4 Å². The van der Waals surface area contributed by atoms with Crippen LogP contribution in [0.3, 0.4) is 0 Å². The van der Waals surface area contributed by atoms with Crippen LogP contribution < -0.4 is 10.6 Å². The molecule has 3 aromatic heterocycles. The molecule has 172 valence electrons. The van der Waals surface area contributed by atoms with E-state index in [1.54, 1.807) is 0 Å². The van der Waals surface area contributed by atoms with Crippen LogP contribution in [0.4, 0.5) is 29.1 Å². The van der Waals surface area contributed by atoms with E-state index in [0.29, 0.717) is 0 Å². The molecule has 0 aliphatic heterocycles. The molecule has 2 N–H and O–H groups in total. The molecule has 4 rings (SSSR count). The van der Waals surface area contributed by atoms with E-state index in [1.165, 1.54) is 18.2 Å². The second-order valence-electron chi connectivity index (χ2n) is 7.45. The summed E-state index contributed by atoms with van der Waals surface area (Å²) < 4.78 is 54.2. The normalized spacial score (nSPS) is 14.6. The second-order valence-corrected chi connectivity index (χ2v) is 7.45. The van der Waals surface area contributed by atoms with E-state index in [9.17, 15) is 27.2 Å². The molecule has 1 aliphatic rings. The first-order valence-corrected chi connectivity index (χ1v) is 9.85. The van der Waals surface area contributed by atoms with Crippen molar-refractivity contribution in [1.82, 2.24) is 24.7 Å². The molecule has 1 saturated carbocycles. The van der Waals surface area contributed by atoms with Gasteiger partial charge < -0.3 is 15.2 Å². The first-order chi connectivity index (χ1) is 15.6. The number of halogens is 4. The summed E-state index contributed by atoms with van der Waals surface area (Å²) in [6, 6.07) is 3.50. The van der Waals surface area contributed by atoms with Gasteiger partial charge in [0.05, 0.1) is 11.9 Å². The molecule has 1 atom stereocenters. The predicted octanol–water partition coefficient (Wildman–Crippen LogP) is 3.60. The van der Waals surface area contributed by atoms with Crippen molar-refractivity contribution in [1.29, 1.82) is 0 Å². The minimum atomic E-state index is -4.52. The van der Waals surface area contributed by atoms with Gasteiger partial charge in [-0.05, 0) is 38.0 Å². The molecule has 33 heavy (non-hydrogen) atoms. The maximum atomic E-state index is 14.0. The van der Waals surface area contributed by atoms with Gasteiger partial charge in [0.1, 0.15) is 29.6 Å². The van der Waals surface area contributed by atoms with Gasteiger partial charge in [-0.2, -0.15) is 13.2 Å². The largest absolute Gasteiger partial charge is 0.408 e. The number of rotatable bonds is 6. The fraction of sp³-hybridized carbons (Fsp3) is 0.300. The van der Waals surface area contributed by atoms with E-state index >= 15 is 0 Å². The van der Waals surface area contributed by atoms with Crippen molar-refractivity contribution in [3.63, 3.8) is 0 Å². The Morgan fingerprint density at radius 3 is 2.67 bits per heavy atom. The molecule has 0 radical (unpaired) electrons. The monoisotopic (exact) mass is 463 g/mol. The molecular formula is C20H17F4N7O2. The Morgan fingerprint density at radius 2 is 1.97 bits per heavy atom. The number of aromatic nitrogens is 5. The molecule has 1 aliphatic carbocycles. The van der Waals surface area contributed by atoms with Crippen LogP contribution >= 0.6 is 0 Å². The van der Waals surface area contributed by atoms with Crippen molar-refractivity contribution in [3.8, 4) is 11.5 Å². The van der Waals surface area contributed by atoms with Crippen LogP contribution in [-0.2, 0) is 4.79 Å². The SMILES string of the molecule is C[C@H](n1cnnc1-c1cccc(NC(=O)c2cc(NC(=O)C3CC3)c(F)cn2)n1)C(F)(F)F. The predicted molar refractivity (Wildman–Crippen MR) is 108 cm³/mol. The summed E-state index contributed by atoms with van der Waals surface area (Å²) in [7, 11) is 0. The highest BCUT2D eigenvalue weighted by atomic mass is 19.4. The number of anilines is 2. The summed E-state index contributed by atoms with van der Waals surface area (Å²) in [4.78, 5) is 32.3. The van der Waals surface area contributed by atoms with Crippen LogP contribution in [0, 0.1) is 11.7 Å². The van der Waals surface area contributed by atoms with Crippen LogP contribution in [0.15, 0.2) is 36.8 Å². The summed E-state index contributed by atoms with van der Waals surface area (Å²) in [5, 5.41) is 12.1. The number of pyridine rings is 2. The third-order valence-electron chi connectivity index (χ3n) is 4.98. The summed E-state index contributed by atoms with van der Waals surface area (Å²) in [6.07, 6.45) is -1.32. The highest BCUT2D eigenvalue weighted by Crippen LogP contribution is 2.33. The van der Waals surface area contributed by atoms with E-state index in [-0.39, 0.29) is 40.5 Å². The molecule has 9 nitrogen and oxygen atoms in total. The lowest BCUT2D eigenvalue weighted by molar-refractivity contribution is -0.162. The summed E-state index contributed by atoms with van der Waals surface area (Å²) >= 11 is 0. The van der Waals surface area contributed by atoms with E-state index < -0.39 is 23.9 Å². The number of nitrogens with zero attached hydrogens (tertiary/aromatic N) is 5. The molecule has 0 bridgehead atoms. The zero-order valence-electron chi connectivity index (χ0n) is 17.1. The Kier molecular flexibility index (Phi) is 5.78. The summed E-state index contributed by atoms with van der Waals surface area (Å²) in [6.45, 7) is 0.957. The number of hydrogen-bond acceptors (Lipinski definition) is 6. The van der Waals surface area contributed by atoms with E-state index in [1.807, 2.05) is 0 Å². The zero-order chi connectivity index (χ0) is 23.8. The van der Waals surface area contributed by atoms with Crippen molar-refractivity contribution in [2.45, 2.75) is 32.0 Å². The topological polar surface area (TPSA) is 115 Å². The Labute approximate surface area is 184 Å². The van der Waals surface area contributed by atoms with E-state index in [0.717, 1.165) is 42.9 Å². The van der Waals surface area contributed by atoms with Gasteiger partial charge >= 0.3 is 6.18 Å². The average Bonchev–Trinajstić information content (AvgIpc) is 3.51. The maximum Gasteiger partial charge on any atom is 0.408 e. The minimum Gasteiger partial charge on any atom is -0.323 e. The Bertz CT molecular complexity index is 1210. The van der Waals surface area contributed by atoms with Crippen LogP contribution in [0.25, 0.3) is 11.5 Å². The first-order valence-electron chi connectivity index (χ1n) is 9.85. The van der Waals surface area contributed by atoms with Crippen molar-refractivity contribution in [2.75, 3.05) is 10.6 Å². The summed E-state index contributed by atoms with van der Waals surface area (Å²) in [5.74, 6) is -2.19. The second kappa shape index (κ2) is 8.56. The summed E-state index contributed by atoms with van der Waals surface area (Å²) in [5.41, 5.74) is -0.322. The van der Waals surface area contributed by atoms with Crippen LogP contribution in [0.2, 0.25) is 0 Å². The molecule has 0 spiro atoms.